The van der Waals surface area contributed by atoms with Gasteiger partial charge in [-0.1, -0.05) is 6.92 Å². The van der Waals surface area contributed by atoms with Gasteiger partial charge in [0.25, 0.3) is 0 Å². The van der Waals surface area contributed by atoms with Crippen molar-refractivity contribution in [2.45, 2.75) is 32.9 Å². The average Bonchev–Trinajstić information content (AvgIpc) is 2.88. The summed E-state index contributed by atoms with van der Waals surface area (Å²) in [4.78, 5) is 9.50. The maximum Gasteiger partial charge on any atom is 0.209 e. The maximum atomic E-state index is 5.80. The number of anilines is 1. The van der Waals surface area contributed by atoms with E-state index < -0.39 is 0 Å². The van der Waals surface area contributed by atoms with E-state index in [9.17, 15) is 0 Å². The number of fused-ring (bicyclic) bond motifs is 1. The number of nitrogens with zero attached hydrogens (tertiary/aromatic N) is 3. The lowest BCUT2D eigenvalue weighted by molar-refractivity contribution is 0.0912. The van der Waals surface area contributed by atoms with Crippen LogP contribution < -0.4 is 5.73 Å². The first kappa shape index (κ1) is 14.4. The van der Waals surface area contributed by atoms with Gasteiger partial charge in [-0.05, 0) is 31.5 Å². The van der Waals surface area contributed by atoms with Crippen LogP contribution in [0.4, 0.5) is 5.69 Å². The fraction of sp³-hybridized carbons (Fsp3) is 0.562. The third-order valence-corrected chi connectivity index (χ3v) is 4.44. The molecule has 1 saturated heterocycles. The summed E-state index contributed by atoms with van der Waals surface area (Å²) < 4.78 is 5.80. The molecule has 5 heteroatoms. The van der Waals surface area contributed by atoms with Gasteiger partial charge in [-0.3, -0.25) is 9.80 Å². The highest BCUT2D eigenvalue weighted by Gasteiger charge is 2.21. The molecule has 2 heterocycles. The van der Waals surface area contributed by atoms with Gasteiger partial charge in [0, 0.05) is 37.9 Å². The molecule has 0 amide bonds. The highest BCUT2D eigenvalue weighted by Crippen LogP contribution is 2.20. The molecule has 1 unspecified atom stereocenters. The van der Waals surface area contributed by atoms with Crippen molar-refractivity contribution in [3.63, 3.8) is 0 Å². The van der Waals surface area contributed by atoms with E-state index in [-0.39, 0.29) is 0 Å². The molecule has 0 saturated carbocycles. The van der Waals surface area contributed by atoms with Crippen LogP contribution >= 0.6 is 0 Å². The van der Waals surface area contributed by atoms with E-state index in [0.29, 0.717) is 6.04 Å². The van der Waals surface area contributed by atoms with E-state index in [2.05, 4.69) is 28.6 Å². The van der Waals surface area contributed by atoms with Crippen molar-refractivity contribution in [2.75, 3.05) is 31.9 Å². The smallest absolute Gasteiger partial charge is 0.209 e. The fourth-order valence-electron chi connectivity index (χ4n) is 2.87. The van der Waals surface area contributed by atoms with E-state index >= 15 is 0 Å². The number of nitrogen functional groups attached to an aromatic ring is 1. The van der Waals surface area contributed by atoms with Crippen molar-refractivity contribution < 1.29 is 4.42 Å². The summed E-state index contributed by atoms with van der Waals surface area (Å²) >= 11 is 0. The van der Waals surface area contributed by atoms with Gasteiger partial charge < -0.3 is 10.2 Å². The summed E-state index contributed by atoms with van der Waals surface area (Å²) in [5, 5.41) is 0. The van der Waals surface area contributed by atoms with Gasteiger partial charge >= 0.3 is 0 Å². The number of hydrogen-bond acceptors (Lipinski definition) is 5. The minimum absolute atomic E-state index is 0.680. The molecule has 0 spiro atoms. The Hall–Kier alpha value is -1.59. The molecule has 1 aromatic heterocycles. The van der Waals surface area contributed by atoms with E-state index in [1.54, 1.807) is 0 Å². The summed E-state index contributed by atoms with van der Waals surface area (Å²) in [5.41, 5.74) is 8.17. The normalized spacial score (nSPS) is 19.1. The minimum atomic E-state index is 0.680. The molecular weight excluding hydrogens is 264 g/mol. The zero-order valence-corrected chi connectivity index (χ0v) is 12.9. The van der Waals surface area contributed by atoms with Crippen LogP contribution in [0.3, 0.4) is 0 Å². The zero-order chi connectivity index (χ0) is 14.8. The van der Waals surface area contributed by atoms with Crippen molar-refractivity contribution in [1.82, 2.24) is 14.8 Å². The Morgan fingerprint density at radius 1 is 1.29 bits per heavy atom. The van der Waals surface area contributed by atoms with Gasteiger partial charge in [0.2, 0.25) is 5.89 Å². The molecular formula is C16H24N4O. The zero-order valence-electron chi connectivity index (χ0n) is 12.9. The number of hydrogen-bond donors (Lipinski definition) is 1. The lowest BCUT2D eigenvalue weighted by Crippen LogP contribution is -2.49. The third-order valence-electron chi connectivity index (χ3n) is 4.44. The van der Waals surface area contributed by atoms with Gasteiger partial charge in [-0.15, -0.1) is 0 Å². The van der Waals surface area contributed by atoms with Crippen LogP contribution in [0.5, 0.6) is 0 Å². The molecule has 0 bridgehead atoms. The molecule has 1 aromatic carbocycles. The van der Waals surface area contributed by atoms with E-state index in [4.69, 9.17) is 10.2 Å². The van der Waals surface area contributed by atoms with Crippen LogP contribution in [-0.4, -0.2) is 47.0 Å². The standard InChI is InChI=1S/C16H24N4O/c1-3-12(2)20-8-6-19(7-9-20)11-16-18-14-10-13(17)4-5-15(14)21-16/h4-5,10,12H,3,6-9,11,17H2,1-2H3. The molecule has 114 valence electrons. The summed E-state index contributed by atoms with van der Waals surface area (Å²) in [7, 11) is 0. The molecule has 1 aliphatic rings. The number of rotatable bonds is 4. The van der Waals surface area contributed by atoms with Crippen molar-refractivity contribution in [3.05, 3.63) is 24.1 Å². The van der Waals surface area contributed by atoms with Crippen molar-refractivity contribution in [2.24, 2.45) is 0 Å². The second-order valence-corrected chi connectivity index (χ2v) is 5.90. The number of aromatic nitrogens is 1. The van der Waals surface area contributed by atoms with Crippen molar-refractivity contribution in [1.29, 1.82) is 0 Å². The van der Waals surface area contributed by atoms with E-state index in [1.807, 2.05) is 18.2 Å². The first-order valence-corrected chi connectivity index (χ1v) is 7.77. The van der Waals surface area contributed by atoms with Crippen LogP contribution in [0, 0.1) is 0 Å². The molecule has 21 heavy (non-hydrogen) atoms. The van der Waals surface area contributed by atoms with Crippen molar-refractivity contribution in [3.8, 4) is 0 Å². The highest BCUT2D eigenvalue weighted by atomic mass is 16.3. The first-order valence-electron chi connectivity index (χ1n) is 7.77. The molecule has 1 atom stereocenters. The van der Waals surface area contributed by atoms with Crippen LogP contribution in [0.25, 0.3) is 11.1 Å². The quantitative estimate of drug-likeness (QED) is 0.875. The Kier molecular flexibility index (Phi) is 4.12. The van der Waals surface area contributed by atoms with Crippen LogP contribution in [0.15, 0.2) is 22.6 Å². The molecule has 2 aromatic rings. The number of piperazine rings is 1. The first-order chi connectivity index (χ1) is 10.2. The Bertz CT molecular complexity index is 601. The molecule has 1 aliphatic heterocycles. The van der Waals surface area contributed by atoms with Crippen LogP contribution in [0.2, 0.25) is 0 Å². The molecule has 5 nitrogen and oxygen atoms in total. The lowest BCUT2D eigenvalue weighted by atomic mass is 10.2. The topological polar surface area (TPSA) is 58.5 Å². The van der Waals surface area contributed by atoms with Gasteiger partial charge in [0.1, 0.15) is 5.52 Å². The second kappa shape index (κ2) is 6.03. The number of oxazole rings is 1. The van der Waals surface area contributed by atoms with Crippen LogP contribution in [-0.2, 0) is 6.54 Å². The van der Waals surface area contributed by atoms with Gasteiger partial charge in [0.15, 0.2) is 5.58 Å². The van der Waals surface area contributed by atoms with E-state index in [0.717, 1.165) is 55.4 Å². The Morgan fingerprint density at radius 3 is 2.76 bits per heavy atom. The summed E-state index contributed by atoms with van der Waals surface area (Å²) in [6.07, 6.45) is 1.21. The molecule has 0 aliphatic carbocycles. The largest absolute Gasteiger partial charge is 0.439 e. The predicted molar refractivity (Wildman–Crippen MR) is 85.0 cm³/mol. The number of nitrogens with two attached hydrogens (primary N) is 1. The third kappa shape index (κ3) is 3.19. The SMILES string of the molecule is CCC(C)N1CCN(Cc2nc3cc(N)ccc3o2)CC1. The summed E-state index contributed by atoms with van der Waals surface area (Å²) in [5.74, 6) is 0.785. The summed E-state index contributed by atoms with van der Waals surface area (Å²) in [6, 6.07) is 6.28. The fourth-order valence-corrected chi connectivity index (χ4v) is 2.87. The van der Waals surface area contributed by atoms with E-state index in [1.165, 1.54) is 6.42 Å². The Morgan fingerprint density at radius 2 is 2.05 bits per heavy atom. The average molecular weight is 288 g/mol. The Balaban J connectivity index is 1.61. The highest BCUT2D eigenvalue weighted by molar-refractivity contribution is 5.76. The molecule has 1 fully saturated rings. The maximum absolute atomic E-state index is 5.80. The lowest BCUT2D eigenvalue weighted by Gasteiger charge is -2.37. The summed E-state index contributed by atoms with van der Waals surface area (Å²) in [6.45, 7) is 9.74. The van der Waals surface area contributed by atoms with Crippen LogP contribution in [0.1, 0.15) is 26.2 Å². The monoisotopic (exact) mass is 288 g/mol. The number of benzene rings is 1. The Labute approximate surface area is 125 Å². The molecule has 0 radical (unpaired) electrons. The predicted octanol–water partition coefficient (Wildman–Crippen LogP) is 2.33. The second-order valence-electron chi connectivity index (χ2n) is 5.90. The van der Waals surface area contributed by atoms with Crippen molar-refractivity contribution >= 4 is 16.8 Å². The minimum Gasteiger partial charge on any atom is -0.439 e. The van der Waals surface area contributed by atoms with Gasteiger partial charge in [-0.2, -0.15) is 0 Å². The van der Waals surface area contributed by atoms with Gasteiger partial charge in [0.05, 0.1) is 6.54 Å². The molecule has 2 N–H and O–H groups in total. The van der Waals surface area contributed by atoms with Gasteiger partial charge in [-0.25, -0.2) is 4.98 Å². The molecule has 3 rings (SSSR count).